The Balaban J connectivity index is 2.67. The van der Waals surface area contributed by atoms with E-state index < -0.39 is 0 Å². The molecule has 2 N–H and O–H groups in total. The van der Waals surface area contributed by atoms with Gasteiger partial charge in [0.15, 0.2) is 0 Å². The van der Waals surface area contributed by atoms with Gasteiger partial charge in [-0.2, -0.15) is 0 Å². The first-order valence-corrected chi connectivity index (χ1v) is 6.18. The molecule has 1 fully saturated rings. The van der Waals surface area contributed by atoms with E-state index in [2.05, 4.69) is 0 Å². The van der Waals surface area contributed by atoms with E-state index in [1.807, 2.05) is 25.8 Å². The summed E-state index contributed by atoms with van der Waals surface area (Å²) in [6.45, 7) is 4.59. The lowest BCUT2D eigenvalue weighted by atomic mass is 9.83. The molecule has 1 amide bonds. The largest absolute Gasteiger partial charge is 0.339 e. The minimum absolute atomic E-state index is 0.116. The van der Waals surface area contributed by atoms with Crippen molar-refractivity contribution in [2.75, 3.05) is 13.6 Å². The summed E-state index contributed by atoms with van der Waals surface area (Å²) >= 11 is 0. The summed E-state index contributed by atoms with van der Waals surface area (Å²) in [4.78, 5) is 13.8. The molecular weight excluding hydrogens is 200 g/mol. The third kappa shape index (κ3) is 3.34. The second kappa shape index (κ2) is 6.04. The summed E-state index contributed by atoms with van der Waals surface area (Å²) in [5.41, 5.74) is 6.83. The Hall–Kier alpha value is -0.830. The summed E-state index contributed by atoms with van der Waals surface area (Å²) in [6, 6.07) is 0.335. The van der Waals surface area contributed by atoms with Crippen molar-refractivity contribution in [1.82, 2.24) is 4.90 Å². The van der Waals surface area contributed by atoms with Crippen molar-refractivity contribution in [3.63, 3.8) is 0 Å². The highest BCUT2D eigenvalue weighted by Gasteiger charge is 2.28. The molecular formula is C13H24N2O. The minimum atomic E-state index is 0.116. The molecule has 3 nitrogen and oxygen atoms in total. The van der Waals surface area contributed by atoms with Gasteiger partial charge in [-0.15, -0.1) is 0 Å². The highest BCUT2D eigenvalue weighted by Crippen LogP contribution is 2.27. The van der Waals surface area contributed by atoms with E-state index >= 15 is 0 Å². The summed E-state index contributed by atoms with van der Waals surface area (Å²) in [5.74, 6) is 0.596. The highest BCUT2D eigenvalue weighted by atomic mass is 16.2. The number of hydrogen-bond acceptors (Lipinski definition) is 2. The monoisotopic (exact) mass is 224 g/mol. The van der Waals surface area contributed by atoms with Crippen molar-refractivity contribution in [1.29, 1.82) is 0 Å². The summed E-state index contributed by atoms with van der Waals surface area (Å²) in [5, 5.41) is 0. The van der Waals surface area contributed by atoms with Crippen LogP contribution in [0.4, 0.5) is 0 Å². The maximum absolute atomic E-state index is 11.9. The molecule has 0 aromatic carbocycles. The second-order valence-corrected chi connectivity index (χ2v) is 5.02. The molecule has 0 radical (unpaired) electrons. The van der Waals surface area contributed by atoms with Crippen molar-refractivity contribution in [2.45, 2.75) is 45.6 Å². The van der Waals surface area contributed by atoms with E-state index in [1.54, 1.807) is 6.08 Å². The average Bonchev–Trinajstić information content (AvgIpc) is 2.27. The summed E-state index contributed by atoms with van der Waals surface area (Å²) < 4.78 is 0. The van der Waals surface area contributed by atoms with Crippen LogP contribution in [0.3, 0.4) is 0 Å². The molecule has 16 heavy (non-hydrogen) atoms. The van der Waals surface area contributed by atoms with E-state index in [4.69, 9.17) is 5.73 Å². The maximum atomic E-state index is 11.9. The normalized spacial score (nSPS) is 25.0. The van der Waals surface area contributed by atoms with Gasteiger partial charge in [0.1, 0.15) is 0 Å². The van der Waals surface area contributed by atoms with Gasteiger partial charge in [-0.05, 0) is 39.2 Å². The van der Waals surface area contributed by atoms with E-state index in [-0.39, 0.29) is 5.91 Å². The third-order valence-corrected chi connectivity index (χ3v) is 3.43. The number of allylic oxidation sites excluding steroid dienone is 1. The van der Waals surface area contributed by atoms with Gasteiger partial charge in [0.25, 0.3) is 0 Å². The van der Waals surface area contributed by atoms with Crippen molar-refractivity contribution < 1.29 is 4.79 Å². The van der Waals surface area contributed by atoms with Gasteiger partial charge in [0, 0.05) is 19.2 Å². The molecule has 92 valence electrons. The number of carbonyl (C=O) groups excluding carboxylic acids is 1. The minimum Gasteiger partial charge on any atom is -0.339 e. The summed E-state index contributed by atoms with van der Waals surface area (Å²) in [6.07, 6.45) is 6.44. The number of nitrogens with zero attached hydrogens (tertiary/aromatic N) is 1. The Labute approximate surface area is 98.7 Å². The van der Waals surface area contributed by atoms with Gasteiger partial charge < -0.3 is 10.6 Å². The number of hydrogen-bond donors (Lipinski definition) is 1. The molecule has 0 saturated heterocycles. The smallest absolute Gasteiger partial charge is 0.246 e. The molecule has 0 spiro atoms. The first-order valence-electron chi connectivity index (χ1n) is 6.18. The topological polar surface area (TPSA) is 46.3 Å². The molecule has 1 rings (SSSR count). The molecule has 0 aromatic heterocycles. The average molecular weight is 224 g/mol. The van der Waals surface area contributed by atoms with Gasteiger partial charge in [-0.3, -0.25) is 4.79 Å². The molecule has 2 unspecified atom stereocenters. The molecule has 0 aliphatic heterocycles. The van der Waals surface area contributed by atoms with Crippen LogP contribution in [0.1, 0.15) is 39.5 Å². The lowest BCUT2D eigenvalue weighted by Crippen LogP contribution is -2.45. The first kappa shape index (κ1) is 13.2. The van der Waals surface area contributed by atoms with Crippen LogP contribution in [-0.4, -0.2) is 30.4 Å². The number of nitrogens with two attached hydrogens (primary N) is 1. The van der Waals surface area contributed by atoms with Crippen LogP contribution < -0.4 is 5.73 Å². The molecule has 0 bridgehead atoms. The first-order chi connectivity index (χ1) is 7.56. The van der Waals surface area contributed by atoms with Crippen LogP contribution in [0.15, 0.2) is 11.6 Å². The van der Waals surface area contributed by atoms with Crippen LogP contribution in [0, 0.1) is 5.92 Å². The lowest BCUT2D eigenvalue weighted by molar-refractivity contribution is -0.128. The number of amides is 1. The quantitative estimate of drug-likeness (QED) is 0.745. The fourth-order valence-electron chi connectivity index (χ4n) is 2.49. The van der Waals surface area contributed by atoms with Crippen molar-refractivity contribution in [2.24, 2.45) is 11.7 Å². The van der Waals surface area contributed by atoms with Gasteiger partial charge in [-0.1, -0.05) is 18.4 Å². The molecule has 3 heteroatoms. The summed E-state index contributed by atoms with van der Waals surface area (Å²) in [7, 11) is 1.90. The van der Waals surface area contributed by atoms with Crippen molar-refractivity contribution in [3.8, 4) is 0 Å². The van der Waals surface area contributed by atoms with Crippen LogP contribution in [0.5, 0.6) is 0 Å². The standard InChI is InChI=1S/C13H24N2O/c1-10(2)8-13(16)15(3)12-7-5-4-6-11(12)9-14/h8,11-12H,4-7,9,14H2,1-3H3. The lowest BCUT2D eigenvalue weighted by Gasteiger charge is -2.37. The third-order valence-electron chi connectivity index (χ3n) is 3.43. The molecule has 1 aliphatic carbocycles. The Bertz CT molecular complexity index is 269. The Kier molecular flexibility index (Phi) is 5.00. The predicted octanol–water partition coefficient (Wildman–Crippen LogP) is 1.93. The second-order valence-electron chi connectivity index (χ2n) is 5.02. The van der Waals surface area contributed by atoms with E-state index in [1.165, 1.54) is 12.8 Å². The number of carbonyl (C=O) groups is 1. The number of rotatable bonds is 3. The van der Waals surface area contributed by atoms with Gasteiger partial charge in [0.2, 0.25) is 5.91 Å². The van der Waals surface area contributed by atoms with Crippen molar-refractivity contribution in [3.05, 3.63) is 11.6 Å². The molecule has 1 saturated carbocycles. The molecule has 0 aromatic rings. The van der Waals surface area contributed by atoms with Crippen LogP contribution >= 0.6 is 0 Å². The van der Waals surface area contributed by atoms with Crippen molar-refractivity contribution >= 4 is 5.91 Å². The zero-order chi connectivity index (χ0) is 12.1. The Morgan fingerprint density at radius 1 is 1.38 bits per heavy atom. The molecule has 2 atom stereocenters. The zero-order valence-corrected chi connectivity index (χ0v) is 10.7. The van der Waals surface area contributed by atoms with E-state index in [9.17, 15) is 4.79 Å². The Morgan fingerprint density at radius 3 is 2.56 bits per heavy atom. The number of likely N-dealkylation sites (N-methyl/N-ethyl adjacent to an activating group) is 1. The Morgan fingerprint density at radius 2 is 2.00 bits per heavy atom. The van der Waals surface area contributed by atoms with Gasteiger partial charge >= 0.3 is 0 Å². The zero-order valence-electron chi connectivity index (χ0n) is 10.7. The van der Waals surface area contributed by atoms with E-state index in [0.29, 0.717) is 18.5 Å². The van der Waals surface area contributed by atoms with Crippen LogP contribution in [0.2, 0.25) is 0 Å². The fraction of sp³-hybridized carbons (Fsp3) is 0.769. The highest BCUT2D eigenvalue weighted by molar-refractivity contribution is 5.88. The van der Waals surface area contributed by atoms with Crippen LogP contribution in [-0.2, 0) is 4.79 Å². The van der Waals surface area contributed by atoms with Gasteiger partial charge in [-0.25, -0.2) is 0 Å². The SMILES string of the molecule is CC(C)=CC(=O)N(C)C1CCCCC1CN. The van der Waals surface area contributed by atoms with Crippen LogP contribution in [0.25, 0.3) is 0 Å². The van der Waals surface area contributed by atoms with Gasteiger partial charge in [0.05, 0.1) is 0 Å². The molecule has 1 aliphatic rings. The van der Waals surface area contributed by atoms with E-state index in [0.717, 1.165) is 18.4 Å². The fourth-order valence-corrected chi connectivity index (χ4v) is 2.49. The molecule has 0 heterocycles. The maximum Gasteiger partial charge on any atom is 0.246 e. The predicted molar refractivity (Wildman–Crippen MR) is 67.0 cm³/mol.